The molecule has 0 bridgehead atoms. The van der Waals surface area contributed by atoms with Gasteiger partial charge in [0.05, 0.1) is 11.9 Å². The first-order valence-corrected chi connectivity index (χ1v) is 10.1. The van der Waals surface area contributed by atoms with Gasteiger partial charge in [-0.05, 0) is 74.8 Å². The predicted molar refractivity (Wildman–Crippen MR) is 118 cm³/mol. The quantitative estimate of drug-likeness (QED) is 0.364. The van der Waals surface area contributed by atoms with Gasteiger partial charge in [-0.2, -0.15) is 0 Å². The molecule has 1 heterocycles. The number of hydrogen-bond acceptors (Lipinski definition) is 3. The molecule has 4 heteroatoms. The second-order valence-electron chi connectivity index (χ2n) is 8.54. The van der Waals surface area contributed by atoms with E-state index in [1.807, 2.05) is 32.1 Å². The number of carbonyl (C=O) groups excluding carboxylic acids is 1. The van der Waals surface area contributed by atoms with Crippen LogP contribution in [0.15, 0.2) is 59.3 Å². The van der Waals surface area contributed by atoms with Crippen LogP contribution < -0.4 is 4.74 Å². The van der Waals surface area contributed by atoms with E-state index < -0.39 is 5.97 Å². The Morgan fingerprint density at radius 1 is 1.21 bits per heavy atom. The Balaban J connectivity index is 1.69. The van der Waals surface area contributed by atoms with Gasteiger partial charge in [0.2, 0.25) is 5.82 Å². The summed E-state index contributed by atoms with van der Waals surface area (Å²) >= 11 is 0. The standard InChI is InChI=1S/C25H30N2O2/c1-17-8-11-21(12-9-17)29-24(28)23-26-16-20(27-23)15-18(2)10-13-22-19(3)7-6-14-25(22,4)5/h8-13,15-16H,6-7,14H2,1-5H3,(H,26,27)/b13-10?,18-15+. The summed E-state index contributed by atoms with van der Waals surface area (Å²) in [6.07, 6.45) is 11.7. The first kappa shape index (κ1) is 20.8. The monoisotopic (exact) mass is 390 g/mol. The summed E-state index contributed by atoms with van der Waals surface area (Å²) in [4.78, 5) is 19.5. The molecule has 0 saturated carbocycles. The molecule has 0 aliphatic heterocycles. The second kappa shape index (κ2) is 8.64. The summed E-state index contributed by atoms with van der Waals surface area (Å²) in [5.41, 5.74) is 6.11. The number of hydrogen-bond donors (Lipinski definition) is 1. The van der Waals surface area contributed by atoms with Crippen LogP contribution in [-0.4, -0.2) is 15.9 Å². The van der Waals surface area contributed by atoms with E-state index in [2.05, 4.69) is 42.9 Å². The van der Waals surface area contributed by atoms with Gasteiger partial charge in [0.25, 0.3) is 0 Å². The molecule has 0 spiro atoms. The summed E-state index contributed by atoms with van der Waals surface area (Å²) in [5, 5.41) is 0. The Bertz CT molecular complexity index is 973. The molecular weight excluding hydrogens is 360 g/mol. The van der Waals surface area contributed by atoms with Crippen molar-refractivity contribution in [3.8, 4) is 5.75 Å². The van der Waals surface area contributed by atoms with Crippen molar-refractivity contribution >= 4 is 12.0 Å². The fraction of sp³-hybridized carbons (Fsp3) is 0.360. The van der Waals surface area contributed by atoms with Crippen LogP contribution in [0.3, 0.4) is 0 Å². The lowest BCUT2D eigenvalue weighted by Crippen LogP contribution is -2.19. The van der Waals surface area contributed by atoms with Crippen molar-refractivity contribution in [2.24, 2.45) is 5.41 Å². The maximum Gasteiger partial charge on any atom is 0.379 e. The number of aryl methyl sites for hydroxylation is 1. The van der Waals surface area contributed by atoms with Gasteiger partial charge in [-0.25, -0.2) is 9.78 Å². The van der Waals surface area contributed by atoms with Crippen LogP contribution in [0.4, 0.5) is 0 Å². The van der Waals surface area contributed by atoms with Crippen molar-refractivity contribution in [3.63, 3.8) is 0 Å². The van der Waals surface area contributed by atoms with Gasteiger partial charge in [0, 0.05) is 0 Å². The molecule has 29 heavy (non-hydrogen) atoms. The number of ether oxygens (including phenoxy) is 1. The Morgan fingerprint density at radius 2 is 1.93 bits per heavy atom. The summed E-state index contributed by atoms with van der Waals surface area (Å²) in [5.74, 6) is 0.207. The average Bonchev–Trinajstić information content (AvgIpc) is 3.11. The normalized spacial score (nSPS) is 17.1. The van der Waals surface area contributed by atoms with Crippen molar-refractivity contribution in [2.45, 2.75) is 53.9 Å². The predicted octanol–water partition coefficient (Wildman–Crippen LogP) is 6.42. The zero-order valence-electron chi connectivity index (χ0n) is 18.0. The Morgan fingerprint density at radius 3 is 2.62 bits per heavy atom. The highest BCUT2D eigenvalue weighted by Crippen LogP contribution is 2.40. The molecule has 0 saturated heterocycles. The number of carbonyl (C=O) groups is 1. The maximum absolute atomic E-state index is 12.3. The molecule has 1 aromatic heterocycles. The largest absolute Gasteiger partial charge is 0.421 e. The smallest absolute Gasteiger partial charge is 0.379 e. The van der Waals surface area contributed by atoms with Crippen LogP contribution in [0.2, 0.25) is 0 Å². The molecule has 1 N–H and O–H groups in total. The van der Waals surface area contributed by atoms with E-state index in [1.54, 1.807) is 18.3 Å². The highest BCUT2D eigenvalue weighted by molar-refractivity contribution is 5.87. The summed E-state index contributed by atoms with van der Waals surface area (Å²) < 4.78 is 5.36. The van der Waals surface area contributed by atoms with Crippen molar-refractivity contribution in [2.75, 3.05) is 0 Å². The Kier molecular flexibility index (Phi) is 6.21. The third kappa shape index (κ3) is 5.35. The number of H-pyrrole nitrogens is 1. The van der Waals surface area contributed by atoms with Crippen molar-refractivity contribution in [1.82, 2.24) is 9.97 Å². The Hall–Kier alpha value is -2.88. The zero-order chi connectivity index (χ0) is 21.0. The molecule has 0 radical (unpaired) electrons. The minimum atomic E-state index is -0.494. The Labute approximate surface area is 173 Å². The SMILES string of the molecule is CC1=C(C=C/C(C)=C/c2cnc(C(=O)Oc3ccc(C)cc3)[nH]2)C(C)(C)CCC1. The maximum atomic E-state index is 12.3. The van der Waals surface area contributed by atoms with E-state index in [-0.39, 0.29) is 11.2 Å². The molecule has 2 aromatic rings. The number of aromatic nitrogens is 2. The summed E-state index contributed by atoms with van der Waals surface area (Å²) in [7, 11) is 0. The molecule has 0 atom stereocenters. The van der Waals surface area contributed by atoms with Gasteiger partial charge < -0.3 is 9.72 Å². The number of allylic oxidation sites excluding steroid dienone is 5. The molecule has 1 aromatic carbocycles. The summed E-state index contributed by atoms with van der Waals surface area (Å²) in [6.45, 7) is 10.9. The number of nitrogens with zero attached hydrogens (tertiary/aromatic N) is 1. The average molecular weight is 391 g/mol. The van der Waals surface area contributed by atoms with Gasteiger partial charge >= 0.3 is 5.97 Å². The third-order valence-electron chi connectivity index (χ3n) is 5.46. The number of imidazole rings is 1. The van der Waals surface area contributed by atoms with E-state index in [0.29, 0.717) is 5.75 Å². The van der Waals surface area contributed by atoms with E-state index in [1.165, 1.54) is 30.4 Å². The molecule has 0 fully saturated rings. The van der Waals surface area contributed by atoms with E-state index >= 15 is 0 Å². The molecule has 0 amide bonds. The minimum Gasteiger partial charge on any atom is -0.421 e. The van der Waals surface area contributed by atoms with Crippen LogP contribution >= 0.6 is 0 Å². The first-order chi connectivity index (χ1) is 13.7. The van der Waals surface area contributed by atoms with Gasteiger partial charge in [0.15, 0.2) is 0 Å². The van der Waals surface area contributed by atoms with Crippen LogP contribution in [0.1, 0.15) is 68.8 Å². The highest BCUT2D eigenvalue weighted by Gasteiger charge is 2.26. The van der Waals surface area contributed by atoms with E-state index in [9.17, 15) is 4.79 Å². The summed E-state index contributed by atoms with van der Waals surface area (Å²) in [6, 6.07) is 7.35. The number of benzene rings is 1. The number of esters is 1. The van der Waals surface area contributed by atoms with Crippen LogP contribution in [-0.2, 0) is 0 Å². The second-order valence-corrected chi connectivity index (χ2v) is 8.54. The van der Waals surface area contributed by atoms with Gasteiger partial charge in [0.1, 0.15) is 5.75 Å². The van der Waals surface area contributed by atoms with Crippen molar-refractivity contribution in [1.29, 1.82) is 0 Å². The molecule has 1 aliphatic carbocycles. The van der Waals surface area contributed by atoms with Crippen molar-refractivity contribution in [3.05, 3.63) is 76.4 Å². The highest BCUT2D eigenvalue weighted by atomic mass is 16.5. The number of rotatable bonds is 5. The fourth-order valence-corrected chi connectivity index (χ4v) is 3.79. The van der Waals surface area contributed by atoms with Crippen LogP contribution in [0, 0.1) is 12.3 Å². The van der Waals surface area contributed by atoms with Crippen LogP contribution in [0.25, 0.3) is 6.08 Å². The number of aromatic amines is 1. The first-order valence-electron chi connectivity index (χ1n) is 10.1. The zero-order valence-corrected chi connectivity index (χ0v) is 18.0. The van der Waals surface area contributed by atoms with Crippen LogP contribution in [0.5, 0.6) is 5.75 Å². The lowest BCUT2D eigenvalue weighted by atomic mass is 9.72. The van der Waals surface area contributed by atoms with Gasteiger partial charge in [-0.1, -0.05) is 49.3 Å². The van der Waals surface area contributed by atoms with E-state index in [0.717, 1.165) is 16.8 Å². The molecule has 152 valence electrons. The van der Waals surface area contributed by atoms with E-state index in [4.69, 9.17) is 4.74 Å². The molecular formula is C25H30N2O2. The van der Waals surface area contributed by atoms with Crippen molar-refractivity contribution < 1.29 is 9.53 Å². The molecule has 1 aliphatic rings. The number of nitrogens with one attached hydrogen (secondary N) is 1. The third-order valence-corrected chi connectivity index (χ3v) is 5.46. The van der Waals surface area contributed by atoms with Gasteiger partial charge in [-0.15, -0.1) is 0 Å². The lowest BCUT2D eigenvalue weighted by molar-refractivity contribution is 0.0723. The lowest BCUT2D eigenvalue weighted by Gasteiger charge is -2.32. The molecule has 3 rings (SSSR count). The molecule has 4 nitrogen and oxygen atoms in total. The fourth-order valence-electron chi connectivity index (χ4n) is 3.79. The minimum absolute atomic E-state index is 0.195. The van der Waals surface area contributed by atoms with Gasteiger partial charge in [-0.3, -0.25) is 0 Å². The molecule has 0 unspecified atom stereocenters. The topological polar surface area (TPSA) is 55.0 Å².